The lowest BCUT2D eigenvalue weighted by Gasteiger charge is -2.16. The van der Waals surface area contributed by atoms with Crippen LogP contribution in [-0.2, 0) is 11.0 Å². The van der Waals surface area contributed by atoms with E-state index < -0.39 is 17.9 Å². The number of nitrogens with one attached hydrogen (secondary N) is 2. The minimum absolute atomic E-state index is 0.000500. The molecule has 1 amide bonds. The van der Waals surface area contributed by atoms with Crippen molar-refractivity contribution >= 4 is 11.7 Å². The molecule has 1 atom stereocenters. The molecule has 0 bridgehead atoms. The Morgan fingerprint density at radius 1 is 1.25 bits per heavy atom. The number of anilines is 1. The summed E-state index contributed by atoms with van der Waals surface area (Å²) in [7, 11) is 1.49. The number of pyridine rings is 1. The molecule has 0 aliphatic heterocycles. The standard InChI is InChI=1S/C15H16F3N5O/c1-9(7-13(24)19-2)21-12-8-11(15(16,17)18)22-14(23-12)10-3-5-20-6-4-10/h3-6,8-9H,7H2,1-2H3,(H,19,24)(H,21,22,23). The Labute approximate surface area is 136 Å². The fraction of sp³-hybridized carbons (Fsp3) is 0.333. The molecule has 2 N–H and O–H groups in total. The zero-order valence-electron chi connectivity index (χ0n) is 13.1. The van der Waals surface area contributed by atoms with Gasteiger partial charge in [0.25, 0.3) is 0 Å². The van der Waals surface area contributed by atoms with Gasteiger partial charge in [-0.2, -0.15) is 13.2 Å². The first kappa shape index (κ1) is 17.6. The van der Waals surface area contributed by atoms with Crippen molar-refractivity contribution in [2.45, 2.75) is 25.6 Å². The van der Waals surface area contributed by atoms with Gasteiger partial charge in [-0.15, -0.1) is 0 Å². The second-order valence-electron chi connectivity index (χ2n) is 5.12. The number of aromatic nitrogens is 3. The van der Waals surface area contributed by atoms with Crippen molar-refractivity contribution in [2.24, 2.45) is 0 Å². The molecule has 9 heteroatoms. The van der Waals surface area contributed by atoms with Gasteiger partial charge in [0.05, 0.1) is 0 Å². The van der Waals surface area contributed by atoms with Gasteiger partial charge < -0.3 is 10.6 Å². The molecule has 6 nitrogen and oxygen atoms in total. The number of amides is 1. The third kappa shape index (κ3) is 4.64. The summed E-state index contributed by atoms with van der Waals surface area (Å²) in [6.07, 6.45) is -1.61. The van der Waals surface area contributed by atoms with Crippen LogP contribution in [0.4, 0.5) is 19.0 Å². The molecule has 0 radical (unpaired) electrons. The zero-order valence-corrected chi connectivity index (χ0v) is 13.1. The summed E-state index contributed by atoms with van der Waals surface area (Å²) in [5.74, 6) is -0.295. The molecule has 0 aliphatic rings. The van der Waals surface area contributed by atoms with E-state index in [0.717, 1.165) is 6.07 Å². The SMILES string of the molecule is CNC(=O)CC(C)Nc1cc(C(F)(F)F)nc(-c2ccncc2)n1. The topological polar surface area (TPSA) is 79.8 Å². The maximum Gasteiger partial charge on any atom is 0.433 e. The number of alkyl halides is 3. The third-order valence-corrected chi connectivity index (χ3v) is 3.12. The molecule has 0 saturated heterocycles. The minimum atomic E-state index is -4.61. The summed E-state index contributed by atoms with van der Waals surface area (Å²) >= 11 is 0. The first-order chi connectivity index (χ1) is 11.3. The van der Waals surface area contributed by atoms with Crippen LogP contribution in [-0.4, -0.2) is 33.9 Å². The second kappa shape index (κ2) is 7.24. The highest BCUT2D eigenvalue weighted by Gasteiger charge is 2.34. The highest BCUT2D eigenvalue weighted by Crippen LogP contribution is 2.30. The van der Waals surface area contributed by atoms with Crippen molar-refractivity contribution < 1.29 is 18.0 Å². The highest BCUT2D eigenvalue weighted by molar-refractivity contribution is 5.76. The van der Waals surface area contributed by atoms with Gasteiger partial charge in [0.1, 0.15) is 5.82 Å². The van der Waals surface area contributed by atoms with E-state index in [4.69, 9.17) is 0 Å². The van der Waals surface area contributed by atoms with Crippen LogP contribution in [0.1, 0.15) is 19.0 Å². The molecule has 128 valence electrons. The van der Waals surface area contributed by atoms with Crippen molar-refractivity contribution in [3.63, 3.8) is 0 Å². The molecular weight excluding hydrogens is 323 g/mol. The molecule has 1 unspecified atom stereocenters. The normalized spacial score (nSPS) is 12.5. The maximum atomic E-state index is 13.1. The van der Waals surface area contributed by atoms with Gasteiger partial charge in [-0.25, -0.2) is 9.97 Å². The Bertz CT molecular complexity index is 706. The number of hydrogen-bond donors (Lipinski definition) is 2. The van der Waals surface area contributed by atoms with Gasteiger partial charge in [-0.3, -0.25) is 9.78 Å². The number of carbonyl (C=O) groups excluding carboxylic acids is 1. The second-order valence-corrected chi connectivity index (χ2v) is 5.12. The van der Waals surface area contributed by atoms with Gasteiger partial charge in [0, 0.05) is 43.5 Å². The molecule has 2 rings (SSSR count). The van der Waals surface area contributed by atoms with Crippen molar-refractivity contribution in [1.29, 1.82) is 0 Å². The largest absolute Gasteiger partial charge is 0.433 e. The van der Waals surface area contributed by atoms with Crippen molar-refractivity contribution in [2.75, 3.05) is 12.4 Å². The molecule has 2 aromatic rings. The number of nitrogens with zero attached hydrogens (tertiary/aromatic N) is 3. The van der Waals surface area contributed by atoms with E-state index >= 15 is 0 Å². The maximum absolute atomic E-state index is 13.1. The third-order valence-electron chi connectivity index (χ3n) is 3.12. The number of carbonyl (C=O) groups is 1. The van der Waals surface area contributed by atoms with Crippen LogP contribution >= 0.6 is 0 Å². The molecule has 0 fully saturated rings. The number of hydrogen-bond acceptors (Lipinski definition) is 5. The Kier molecular flexibility index (Phi) is 5.32. The van der Waals surface area contributed by atoms with E-state index in [1.807, 2.05) is 0 Å². The summed E-state index contributed by atoms with van der Waals surface area (Å²) in [4.78, 5) is 22.9. The summed E-state index contributed by atoms with van der Waals surface area (Å²) < 4.78 is 39.2. The predicted molar refractivity (Wildman–Crippen MR) is 82.0 cm³/mol. The summed E-state index contributed by atoms with van der Waals surface area (Å²) in [6.45, 7) is 1.68. The highest BCUT2D eigenvalue weighted by atomic mass is 19.4. The molecule has 2 heterocycles. The van der Waals surface area contributed by atoms with Crippen molar-refractivity contribution in [1.82, 2.24) is 20.3 Å². The lowest BCUT2D eigenvalue weighted by Crippen LogP contribution is -2.27. The van der Waals surface area contributed by atoms with Crippen molar-refractivity contribution in [3.8, 4) is 11.4 Å². The molecule has 0 aromatic carbocycles. The van der Waals surface area contributed by atoms with Crippen LogP contribution in [0, 0.1) is 0 Å². The van der Waals surface area contributed by atoms with E-state index in [9.17, 15) is 18.0 Å². The fourth-order valence-corrected chi connectivity index (χ4v) is 1.98. The molecule has 0 saturated carbocycles. The van der Waals surface area contributed by atoms with Gasteiger partial charge >= 0.3 is 6.18 Å². The van der Waals surface area contributed by atoms with E-state index in [0.29, 0.717) is 5.56 Å². The summed E-state index contributed by atoms with van der Waals surface area (Å²) in [5, 5.41) is 5.26. The lowest BCUT2D eigenvalue weighted by molar-refractivity contribution is -0.141. The Balaban J connectivity index is 2.35. The summed E-state index contributed by atoms with van der Waals surface area (Å²) in [6, 6.07) is 3.47. The Hall–Kier alpha value is -2.71. The van der Waals surface area contributed by atoms with Crippen molar-refractivity contribution in [3.05, 3.63) is 36.3 Å². The molecule has 0 aliphatic carbocycles. The quantitative estimate of drug-likeness (QED) is 0.875. The van der Waals surface area contributed by atoms with E-state index in [1.165, 1.54) is 31.6 Å². The van der Waals surface area contributed by atoms with E-state index in [-0.39, 0.29) is 24.0 Å². The van der Waals surface area contributed by atoms with Crippen LogP contribution < -0.4 is 10.6 Å². The molecule has 2 aromatic heterocycles. The number of halogens is 3. The zero-order chi connectivity index (χ0) is 17.7. The average molecular weight is 339 g/mol. The van der Waals surface area contributed by atoms with Gasteiger partial charge in [-0.05, 0) is 19.1 Å². The van der Waals surface area contributed by atoms with Crippen LogP contribution in [0.3, 0.4) is 0 Å². The average Bonchev–Trinajstić information content (AvgIpc) is 2.54. The molecule has 0 spiro atoms. The minimum Gasteiger partial charge on any atom is -0.367 e. The van der Waals surface area contributed by atoms with Gasteiger partial charge in [-0.1, -0.05) is 0 Å². The van der Waals surface area contributed by atoms with Crippen LogP contribution in [0.15, 0.2) is 30.6 Å². The fourth-order valence-electron chi connectivity index (χ4n) is 1.98. The Morgan fingerprint density at radius 2 is 1.92 bits per heavy atom. The van der Waals surface area contributed by atoms with E-state index in [2.05, 4.69) is 25.6 Å². The Morgan fingerprint density at radius 3 is 2.50 bits per heavy atom. The number of rotatable bonds is 5. The molecule has 24 heavy (non-hydrogen) atoms. The first-order valence-electron chi connectivity index (χ1n) is 7.13. The summed E-state index contributed by atoms with van der Waals surface area (Å²) in [5.41, 5.74) is -0.642. The predicted octanol–water partition coefficient (Wildman–Crippen LogP) is 2.49. The van der Waals surface area contributed by atoms with Gasteiger partial charge in [0.2, 0.25) is 5.91 Å². The first-order valence-corrected chi connectivity index (χ1v) is 7.13. The van der Waals surface area contributed by atoms with Gasteiger partial charge in [0.15, 0.2) is 11.5 Å². The molecular formula is C15H16F3N5O. The smallest absolute Gasteiger partial charge is 0.367 e. The lowest BCUT2D eigenvalue weighted by atomic mass is 10.2. The monoisotopic (exact) mass is 339 g/mol. The van der Waals surface area contributed by atoms with Crippen LogP contribution in [0.2, 0.25) is 0 Å². The van der Waals surface area contributed by atoms with E-state index in [1.54, 1.807) is 6.92 Å². The van der Waals surface area contributed by atoms with Crippen LogP contribution in [0.25, 0.3) is 11.4 Å². The van der Waals surface area contributed by atoms with Crippen LogP contribution in [0.5, 0.6) is 0 Å².